The maximum Gasteiger partial charge on any atom is 0.347 e. The number of hydrogen-bond donors (Lipinski definition) is 2. The van der Waals surface area contributed by atoms with Gasteiger partial charge >= 0.3 is 5.69 Å². The first-order valence-electron chi connectivity index (χ1n) is 5.31. The van der Waals surface area contributed by atoms with E-state index in [1.165, 1.54) is 7.11 Å². The molecule has 1 aromatic heterocycles. The second-order valence-electron chi connectivity index (χ2n) is 3.63. The smallest absolute Gasteiger partial charge is 0.347 e. The van der Waals surface area contributed by atoms with Gasteiger partial charge in [0.25, 0.3) is 5.56 Å². The van der Waals surface area contributed by atoms with Crippen LogP contribution in [0.2, 0.25) is 0 Å². The molecule has 1 heterocycles. The molecule has 19 heavy (non-hydrogen) atoms. The van der Waals surface area contributed by atoms with Crippen molar-refractivity contribution >= 4 is 5.69 Å². The number of aromatic nitrogens is 2. The van der Waals surface area contributed by atoms with Gasteiger partial charge in [0.1, 0.15) is 17.4 Å². The maximum absolute atomic E-state index is 11.6. The van der Waals surface area contributed by atoms with E-state index < -0.39 is 11.2 Å². The van der Waals surface area contributed by atoms with Gasteiger partial charge in [-0.15, -0.1) is 0 Å². The average Bonchev–Trinajstić information content (AvgIpc) is 2.42. The van der Waals surface area contributed by atoms with Crippen LogP contribution in [0, 0.1) is 11.3 Å². The van der Waals surface area contributed by atoms with Crippen molar-refractivity contribution in [2.24, 2.45) is 0 Å². The van der Waals surface area contributed by atoms with E-state index in [4.69, 9.17) is 10.00 Å². The lowest BCUT2D eigenvalue weighted by Crippen LogP contribution is -2.34. The van der Waals surface area contributed by atoms with Crippen molar-refractivity contribution in [3.63, 3.8) is 0 Å². The van der Waals surface area contributed by atoms with Crippen LogP contribution < -0.4 is 21.4 Å². The Labute approximate surface area is 107 Å². The van der Waals surface area contributed by atoms with Crippen LogP contribution in [0.5, 0.6) is 5.75 Å². The third-order valence-corrected chi connectivity index (χ3v) is 2.38. The molecule has 0 bridgehead atoms. The van der Waals surface area contributed by atoms with Crippen molar-refractivity contribution in [3.8, 4) is 11.8 Å². The van der Waals surface area contributed by atoms with E-state index in [1.54, 1.807) is 30.3 Å². The Morgan fingerprint density at radius 3 is 2.89 bits per heavy atom. The predicted octanol–water partition coefficient (Wildman–Crippen LogP) is 0.292. The highest BCUT2D eigenvalue weighted by Crippen LogP contribution is 2.16. The average molecular weight is 258 g/mol. The van der Waals surface area contributed by atoms with Gasteiger partial charge in [-0.1, -0.05) is 6.07 Å². The van der Waals surface area contributed by atoms with Gasteiger partial charge in [-0.2, -0.15) is 5.26 Å². The first-order chi connectivity index (χ1) is 9.13. The highest BCUT2D eigenvalue weighted by Gasteiger charge is 2.04. The van der Waals surface area contributed by atoms with Gasteiger partial charge in [0.15, 0.2) is 0 Å². The van der Waals surface area contributed by atoms with Crippen LogP contribution in [-0.4, -0.2) is 16.8 Å². The van der Waals surface area contributed by atoms with E-state index >= 15 is 0 Å². The number of benzene rings is 1. The number of aromatic amines is 1. The summed E-state index contributed by atoms with van der Waals surface area (Å²) in [4.78, 5) is 24.9. The molecule has 2 N–H and O–H groups in total. The molecule has 0 saturated heterocycles. The zero-order chi connectivity index (χ0) is 13.8. The summed E-state index contributed by atoms with van der Waals surface area (Å²) in [5.41, 5.74) is 1.80. The zero-order valence-electron chi connectivity index (χ0n) is 10.0. The molecule has 0 saturated carbocycles. The Hall–Kier alpha value is -3.01. The number of nitrogens with zero attached hydrogens (tertiary/aromatic N) is 2. The fraction of sp³-hybridized carbons (Fsp3) is 0.0833. The molecule has 0 aliphatic heterocycles. The van der Waals surface area contributed by atoms with Crippen molar-refractivity contribution in [2.45, 2.75) is 0 Å². The molecule has 0 atom stereocenters. The molecule has 0 aliphatic rings. The summed E-state index contributed by atoms with van der Waals surface area (Å²) in [7, 11) is 1.53. The highest BCUT2D eigenvalue weighted by atomic mass is 16.5. The van der Waals surface area contributed by atoms with E-state index in [1.807, 2.05) is 4.98 Å². The number of hydrogen-bond acceptors (Lipinski definition) is 5. The van der Waals surface area contributed by atoms with Crippen LogP contribution in [-0.2, 0) is 0 Å². The summed E-state index contributed by atoms with van der Waals surface area (Å²) in [6.45, 7) is 0. The zero-order valence-corrected chi connectivity index (χ0v) is 10.0. The number of rotatable bonds is 3. The first-order valence-corrected chi connectivity index (χ1v) is 5.31. The van der Waals surface area contributed by atoms with Gasteiger partial charge in [0.2, 0.25) is 0 Å². The van der Waals surface area contributed by atoms with Gasteiger partial charge in [-0.3, -0.25) is 15.2 Å². The fourth-order valence-electron chi connectivity index (χ4n) is 1.47. The SMILES string of the molecule is COc1cccc(Nn2cc(C#N)c(=O)[nH]c2=O)c1. The van der Waals surface area contributed by atoms with Crippen LogP contribution in [0.4, 0.5) is 5.69 Å². The lowest BCUT2D eigenvalue weighted by atomic mass is 10.3. The molecule has 0 aliphatic carbocycles. The molecule has 7 nitrogen and oxygen atoms in total. The molecular weight excluding hydrogens is 248 g/mol. The third-order valence-electron chi connectivity index (χ3n) is 2.38. The Kier molecular flexibility index (Phi) is 3.34. The van der Waals surface area contributed by atoms with Crippen molar-refractivity contribution < 1.29 is 4.74 Å². The molecule has 0 unspecified atom stereocenters. The molecule has 2 aromatic rings. The minimum atomic E-state index is -0.712. The summed E-state index contributed by atoms with van der Waals surface area (Å²) in [6.07, 6.45) is 1.14. The quantitative estimate of drug-likeness (QED) is 0.824. The summed E-state index contributed by atoms with van der Waals surface area (Å²) in [6, 6.07) is 8.58. The summed E-state index contributed by atoms with van der Waals surface area (Å²) in [5.74, 6) is 0.614. The second kappa shape index (κ2) is 5.10. The molecule has 0 radical (unpaired) electrons. The highest BCUT2D eigenvalue weighted by molar-refractivity contribution is 5.47. The van der Waals surface area contributed by atoms with Crippen LogP contribution in [0.1, 0.15) is 5.56 Å². The molecular formula is C12H10N4O3. The number of anilines is 1. The van der Waals surface area contributed by atoms with Crippen molar-refractivity contribution in [1.29, 1.82) is 5.26 Å². The monoisotopic (exact) mass is 258 g/mol. The van der Waals surface area contributed by atoms with E-state index in [0.717, 1.165) is 10.9 Å². The van der Waals surface area contributed by atoms with Gasteiger partial charge in [0.05, 0.1) is 19.0 Å². The first kappa shape index (κ1) is 12.4. The van der Waals surface area contributed by atoms with Crippen molar-refractivity contribution in [2.75, 3.05) is 12.5 Å². The minimum Gasteiger partial charge on any atom is -0.497 e. The Bertz CT molecular complexity index is 755. The van der Waals surface area contributed by atoms with Crippen molar-refractivity contribution in [1.82, 2.24) is 9.66 Å². The van der Waals surface area contributed by atoms with Crippen LogP contribution in [0.3, 0.4) is 0 Å². The Balaban J connectivity index is 2.41. The van der Waals surface area contributed by atoms with E-state index in [0.29, 0.717) is 11.4 Å². The summed E-state index contributed by atoms with van der Waals surface area (Å²) in [5, 5.41) is 8.75. The maximum atomic E-state index is 11.6. The molecule has 1 aromatic carbocycles. The van der Waals surface area contributed by atoms with Gasteiger partial charge in [-0.05, 0) is 12.1 Å². The molecule has 96 valence electrons. The second-order valence-corrected chi connectivity index (χ2v) is 3.63. The minimum absolute atomic E-state index is 0.157. The molecule has 2 rings (SSSR count). The number of nitriles is 1. The van der Waals surface area contributed by atoms with E-state index in [-0.39, 0.29) is 5.56 Å². The molecule has 0 fully saturated rings. The number of ether oxygens (including phenoxy) is 1. The van der Waals surface area contributed by atoms with Gasteiger partial charge < -0.3 is 4.74 Å². The Morgan fingerprint density at radius 1 is 1.42 bits per heavy atom. The normalized spacial score (nSPS) is 9.68. The van der Waals surface area contributed by atoms with Crippen LogP contribution in [0.25, 0.3) is 0 Å². The van der Waals surface area contributed by atoms with Crippen molar-refractivity contribution in [3.05, 3.63) is 56.9 Å². The van der Waals surface area contributed by atoms with Gasteiger partial charge in [-0.25, -0.2) is 9.47 Å². The molecule has 0 spiro atoms. The number of methoxy groups -OCH3 is 1. The topological polar surface area (TPSA) is 99.9 Å². The van der Waals surface area contributed by atoms with E-state index in [9.17, 15) is 9.59 Å². The van der Waals surface area contributed by atoms with Crippen LogP contribution in [0.15, 0.2) is 40.1 Å². The summed E-state index contributed by atoms with van der Waals surface area (Å²) < 4.78 is 6.07. The lowest BCUT2D eigenvalue weighted by Gasteiger charge is -2.09. The van der Waals surface area contributed by atoms with Gasteiger partial charge in [0, 0.05) is 6.07 Å². The van der Waals surface area contributed by atoms with Crippen LogP contribution >= 0.6 is 0 Å². The van der Waals surface area contributed by atoms with E-state index in [2.05, 4.69) is 5.43 Å². The largest absolute Gasteiger partial charge is 0.497 e. The lowest BCUT2D eigenvalue weighted by molar-refractivity contribution is 0.415. The fourth-order valence-corrected chi connectivity index (χ4v) is 1.47. The third kappa shape index (κ3) is 2.63. The number of H-pyrrole nitrogens is 1. The molecule has 0 amide bonds. The standard InChI is InChI=1S/C12H10N4O3/c1-19-10-4-2-3-9(5-10)15-16-7-8(6-13)11(17)14-12(16)18/h2-5,7,15H,1H3,(H,14,17,18). The number of nitrogens with one attached hydrogen (secondary N) is 2. The molecule has 7 heteroatoms. The summed E-state index contributed by atoms with van der Waals surface area (Å²) >= 11 is 0. The Morgan fingerprint density at radius 2 is 2.21 bits per heavy atom. The predicted molar refractivity (Wildman–Crippen MR) is 68.1 cm³/mol.